The predicted molar refractivity (Wildman–Crippen MR) is 60.5 cm³/mol. The molecule has 4 heteroatoms. The summed E-state index contributed by atoms with van der Waals surface area (Å²) in [5.41, 5.74) is 2.28. The molecule has 0 fully saturated rings. The Morgan fingerprint density at radius 3 is 2.38 bits per heavy atom. The number of rotatable bonds is 5. The van der Waals surface area contributed by atoms with Gasteiger partial charge in [0.1, 0.15) is 0 Å². The van der Waals surface area contributed by atoms with E-state index in [1.807, 2.05) is 6.92 Å². The lowest BCUT2D eigenvalue weighted by Crippen LogP contribution is -2.23. The van der Waals surface area contributed by atoms with Crippen LogP contribution in [0.3, 0.4) is 0 Å². The van der Waals surface area contributed by atoms with E-state index in [0.717, 1.165) is 18.4 Å². The van der Waals surface area contributed by atoms with E-state index in [2.05, 4.69) is 50.3 Å². The van der Waals surface area contributed by atoms with Gasteiger partial charge in [0.05, 0.1) is 20.5 Å². The van der Waals surface area contributed by atoms with Crippen LogP contribution >= 0.6 is 0 Å². The van der Waals surface area contributed by atoms with Crippen LogP contribution in [0.5, 0.6) is 0 Å². The molecule has 0 aromatic carbocycles. The van der Waals surface area contributed by atoms with Gasteiger partial charge in [0.25, 0.3) is 0 Å². The highest BCUT2D eigenvalue weighted by atomic mass is 28.1. The summed E-state index contributed by atoms with van der Waals surface area (Å²) in [7, 11) is 6.80. The molecular weight excluding hydrogens is 192 g/mol. The van der Waals surface area contributed by atoms with Crippen molar-refractivity contribution >= 4 is 26.2 Å². The van der Waals surface area contributed by atoms with Crippen molar-refractivity contribution in [3.8, 4) is 0 Å². The van der Waals surface area contributed by atoms with E-state index in [9.17, 15) is 0 Å². The molecular formula is C9H16N2Si2. The minimum absolute atomic E-state index is 0.662. The summed E-state index contributed by atoms with van der Waals surface area (Å²) in [6.45, 7) is 7.24. The Balaban J connectivity index is 4.37. The van der Waals surface area contributed by atoms with Gasteiger partial charge >= 0.3 is 0 Å². The predicted octanol–water partition coefficient (Wildman–Crippen LogP) is 0.925. The maximum Gasteiger partial charge on any atom is 0.0542 e. The molecule has 0 unspecified atom stereocenters. The van der Waals surface area contributed by atoms with Crippen molar-refractivity contribution in [2.24, 2.45) is 4.99 Å². The molecule has 0 bridgehead atoms. The van der Waals surface area contributed by atoms with Gasteiger partial charge in [-0.15, -0.1) is 0 Å². The first-order valence-electron chi connectivity index (χ1n) is 4.39. The number of aliphatic imine (C=N–C) groups is 1. The summed E-state index contributed by atoms with van der Waals surface area (Å²) in [4.78, 5) is 6.45. The van der Waals surface area contributed by atoms with Crippen molar-refractivity contribution in [1.82, 2.24) is 4.90 Å². The summed E-state index contributed by atoms with van der Waals surface area (Å²) >= 11 is 0. The van der Waals surface area contributed by atoms with Crippen LogP contribution in [0.1, 0.15) is 20.8 Å². The fourth-order valence-electron chi connectivity index (χ4n) is 1.05. The number of allylic oxidation sites excluding steroid dienone is 2. The second-order valence-electron chi connectivity index (χ2n) is 2.76. The highest BCUT2D eigenvalue weighted by Crippen LogP contribution is 2.01. The highest BCUT2D eigenvalue weighted by molar-refractivity contribution is 6.10. The standard InChI is InChI=1S/C9H16N2Si2/c1-4-11(7-13)9(3)5-8(2)10-6-12/h5H,4,6-7H2,1-3H3/b9-5-,10-8+. The van der Waals surface area contributed by atoms with Gasteiger partial charge in [0.15, 0.2) is 0 Å². The van der Waals surface area contributed by atoms with E-state index in [4.69, 9.17) is 0 Å². The minimum Gasteiger partial charge on any atom is -0.379 e. The molecule has 2 nitrogen and oxygen atoms in total. The van der Waals surface area contributed by atoms with Crippen LogP contribution in [0.15, 0.2) is 16.8 Å². The zero-order chi connectivity index (χ0) is 10.3. The van der Waals surface area contributed by atoms with Gasteiger partial charge in [-0.3, -0.25) is 4.99 Å². The second-order valence-corrected chi connectivity index (χ2v) is 3.39. The zero-order valence-electron chi connectivity index (χ0n) is 8.59. The van der Waals surface area contributed by atoms with Gasteiger partial charge in [0, 0.05) is 30.3 Å². The summed E-state index contributed by atoms with van der Waals surface area (Å²) in [5, 5.41) is 0. The largest absolute Gasteiger partial charge is 0.379 e. The Morgan fingerprint density at radius 1 is 1.38 bits per heavy atom. The van der Waals surface area contributed by atoms with Crippen LogP contribution in [0.2, 0.25) is 0 Å². The molecule has 0 N–H and O–H groups in total. The Kier molecular flexibility index (Phi) is 6.89. The molecule has 6 radical (unpaired) electrons. The third-order valence-corrected chi connectivity index (χ3v) is 2.36. The molecule has 0 aromatic heterocycles. The van der Waals surface area contributed by atoms with Crippen LogP contribution in [-0.4, -0.2) is 50.0 Å². The smallest absolute Gasteiger partial charge is 0.0542 e. The monoisotopic (exact) mass is 208 g/mol. The Hall–Kier alpha value is -0.356. The highest BCUT2D eigenvalue weighted by Gasteiger charge is 1.98. The van der Waals surface area contributed by atoms with E-state index in [0.29, 0.717) is 6.17 Å². The molecule has 0 aliphatic rings. The van der Waals surface area contributed by atoms with Crippen molar-refractivity contribution in [1.29, 1.82) is 0 Å². The van der Waals surface area contributed by atoms with E-state index in [1.165, 1.54) is 5.70 Å². The molecule has 0 saturated carbocycles. The summed E-state index contributed by atoms with van der Waals surface area (Å²) in [6, 6.07) is 0. The van der Waals surface area contributed by atoms with Crippen LogP contribution in [0.4, 0.5) is 0 Å². The average Bonchev–Trinajstić information content (AvgIpc) is 2.06. The normalized spacial score (nSPS) is 13.3. The van der Waals surface area contributed by atoms with Crippen molar-refractivity contribution in [2.45, 2.75) is 20.8 Å². The van der Waals surface area contributed by atoms with Crippen LogP contribution in [0.25, 0.3) is 0 Å². The van der Waals surface area contributed by atoms with Crippen molar-refractivity contribution in [2.75, 3.05) is 18.9 Å². The molecule has 0 aliphatic carbocycles. The zero-order valence-corrected chi connectivity index (χ0v) is 10.6. The first-order valence-corrected chi connectivity index (χ1v) is 5.80. The van der Waals surface area contributed by atoms with Crippen molar-refractivity contribution < 1.29 is 0 Å². The maximum absolute atomic E-state index is 4.23. The van der Waals surface area contributed by atoms with Crippen molar-refractivity contribution in [3.63, 3.8) is 0 Å². The van der Waals surface area contributed by atoms with Crippen LogP contribution in [-0.2, 0) is 0 Å². The van der Waals surface area contributed by atoms with Crippen LogP contribution < -0.4 is 0 Å². The van der Waals surface area contributed by atoms with E-state index in [1.54, 1.807) is 0 Å². The molecule has 0 atom stereocenters. The lowest BCUT2D eigenvalue weighted by molar-refractivity contribution is 0.422. The third-order valence-electron chi connectivity index (χ3n) is 1.82. The molecule has 13 heavy (non-hydrogen) atoms. The fraction of sp³-hybridized carbons (Fsp3) is 0.667. The van der Waals surface area contributed by atoms with Gasteiger partial charge in [-0.05, 0) is 26.8 Å². The number of hydrogen-bond acceptors (Lipinski definition) is 2. The topological polar surface area (TPSA) is 15.6 Å². The van der Waals surface area contributed by atoms with E-state index < -0.39 is 0 Å². The Morgan fingerprint density at radius 2 is 2.00 bits per heavy atom. The third kappa shape index (κ3) is 5.05. The SMILES string of the molecule is CCN(C[Si])/C(C)=C\C(C)=N\C[Si]. The van der Waals surface area contributed by atoms with E-state index >= 15 is 0 Å². The Bertz CT molecular complexity index is 196. The first kappa shape index (κ1) is 12.6. The second kappa shape index (κ2) is 7.09. The molecule has 0 aliphatic heterocycles. The average molecular weight is 208 g/mol. The molecule has 70 valence electrons. The molecule has 0 aromatic rings. The van der Waals surface area contributed by atoms with Gasteiger partial charge in [-0.25, -0.2) is 0 Å². The maximum atomic E-state index is 4.23. The number of hydrogen-bond donors (Lipinski definition) is 0. The van der Waals surface area contributed by atoms with Crippen molar-refractivity contribution in [3.05, 3.63) is 11.8 Å². The Labute approximate surface area is 88.0 Å². The fourth-order valence-corrected chi connectivity index (χ4v) is 1.77. The summed E-state index contributed by atoms with van der Waals surface area (Å²) < 4.78 is 0. The van der Waals surface area contributed by atoms with Gasteiger partial charge in [-0.1, -0.05) is 0 Å². The molecule has 0 saturated heterocycles. The summed E-state index contributed by atoms with van der Waals surface area (Å²) in [5.74, 6) is 0. The molecule has 0 spiro atoms. The minimum atomic E-state index is 0.662. The number of nitrogens with zero attached hydrogens (tertiary/aromatic N) is 2. The van der Waals surface area contributed by atoms with E-state index in [-0.39, 0.29) is 0 Å². The molecule has 0 rings (SSSR count). The molecule has 0 amide bonds. The lowest BCUT2D eigenvalue weighted by Gasteiger charge is -2.21. The first-order chi connectivity index (χ1) is 6.15. The van der Waals surface area contributed by atoms with Gasteiger partial charge in [-0.2, -0.15) is 0 Å². The van der Waals surface area contributed by atoms with Crippen LogP contribution in [0, 0.1) is 0 Å². The lowest BCUT2D eigenvalue weighted by atomic mass is 10.3. The van der Waals surface area contributed by atoms with Gasteiger partial charge in [0.2, 0.25) is 0 Å². The molecule has 0 heterocycles. The van der Waals surface area contributed by atoms with Gasteiger partial charge < -0.3 is 4.90 Å². The summed E-state index contributed by atoms with van der Waals surface area (Å²) in [6.07, 6.45) is 3.61. The quantitative estimate of drug-likeness (QED) is 0.485.